The number of benzene rings is 8. The minimum absolute atomic E-state index is 0.265. The summed E-state index contributed by atoms with van der Waals surface area (Å²) in [7, 11) is 0. The lowest BCUT2D eigenvalue weighted by molar-refractivity contribution is 0.475. The van der Waals surface area contributed by atoms with Crippen molar-refractivity contribution in [3.8, 4) is 22.6 Å². The van der Waals surface area contributed by atoms with Crippen LogP contribution in [0, 0.1) is 0 Å². The summed E-state index contributed by atoms with van der Waals surface area (Å²) in [6, 6.07) is 51.1. The van der Waals surface area contributed by atoms with Gasteiger partial charge in [0.2, 0.25) is 0 Å². The lowest BCUT2D eigenvalue weighted by Crippen LogP contribution is -2.29. The van der Waals surface area contributed by atoms with Crippen LogP contribution in [-0.2, 0) is 5.41 Å². The zero-order chi connectivity index (χ0) is 28.7. The summed E-state index contributed by atoms with van der Waals surface area (Å²) in [5.74, 6) is 0.530. The van der Waals surface area contributed by atoms with Crippen molar-refractivity contribution in [2.45, 2.75) is 5.41 Å². The van der Waals surface area contributed by atoms with Crippen LogP contribution in [0.3, 0.4) is 0 Å². The van der Waals surface area contributed by atoms with Crippen molar-refractivity contribution < 1.29 is 10.2 Å². The van der Waals surface area contributed by atoms with Crippen LogP contribution >= 0.6 is 0 Å². The van der Waals surface area contributed by atoms with Crippen LogP contribution < -0.4 is 0 Å². The van der Waals surface area contributed by atoms with E-state index in [-0.39, 0.29) is 11.5 Å². The molecule has 2 heteroatoms. The molecule has 2 N–H and O–H groups in total. The van der Waals surface area contributed by atoms with Crippen LogP contribution in [-0.4, -0.2) is 10.2 Å². The Bertz CT molecular complexity index is 2260. The van der Waals surface area contributed by atoms with Crippen molar-refractivity contribution in [3.63, 3.8) is 0 Å². The fourth-order valence-electron chi connectivity index (χ4n) is 7.60. The average molecular weight is 551 g/mol. The molecule has 0 saturated heterocycles. The van der Waals surface area contributed by atoms with Gasteiger partial charge in [-0.1, -0.05) is 109 Å². The number of hydrogen-bond acceptors (Lipinski definition) is 2. The van der Waals surface area contributed by atoms with Gasteiger partial charge in [-0.2, -0.15) is 0 Å². The van der Waals surface area contributed by atoms with Gasteiger partial charge in [0.1, 0.15) is 11.5 Å². The molecule has 0 spiro atoms. The van der Waals surface area contributed by atoms with Gasteiger partial charge < -0.3 is 10.2 Å². The molecule has 0 atom stereocenters. The maximum Gasteiger partial charge on any atom is 0.116 e. The van der Waals surface area contributed by atoms with Crippen molar-refractivity contribution in [1.29, 1.82) is 0 Å². The Labute approximate surface area is 248 Å². The van der Waals surface area contributed by atoms with E-state index in [0.29, 0.717) is 0 Å². The topological polar surface area (TPSA) is 40.5 Å². The first kappa shape index (κ1) is 24.0. The van der Waals surface area contributed by atoms with Crippen molar-refractivity contribution in [1.82, 2.24) is 0 Å². The highest BCUT2D eigenvalue weighted by Gasteiger charge is 2.48. The van der Waals surface area contributed by atoms with Gasteiger partial charge in [0.25, 0.3) is 0 Å². The largest absolute Gasteiger partial charge is 0.508 e. The number of phenols is 2. The Morgan fingerprint density at radius 1 is 0.349 bits per heavy atom. The predicted molar refractivity (Wildman–Crippen MR) is 177 cm³/mol. The standard InChI is InChI=1S/C41H26O2/c42-33-17-11-27-21-31(15-9-29(27)23-33)41(32-16-10-30-24-34(43)18-12-28(30)22-32)39-35-7-3-1-5-25(35)13-19-37(39)38-20-14-26-6-2-4-8-36(26)40(38)41/h1-24,42-43H. The van der Waals surface area contributed by atoms with E-state index in [9.17, 15) is 10.2 Å². The van der Waals surface area contributed by atoms with E-state index < -0.39 is 5.41 Å². The summed E-state index contributed by atoms with van der Waals surface area (Å²) in [6.07, 6.45) is 0. The monoisotopic (exact) mass is 550 g/mol. The average Bonchev–Trinajstić information content (AvgIpc) is 3.36. The number of rotatable bonds is 2. The minimum atomic E-state index is -0.634. The third-order valence-corrected chi connectivity index (χ3v) is 9.41. The number of fused-ring (bicyclic) bond motifs is 9. The van der Waals surface area contributed by atoms with Gasteiger partial charge in [-0.25, -0.2) is 0 Å². The molecule has 0 aromatic heterocycles. The Hall–Kier alpha value is -5.60. The van der Waals surface area contributed by atoms with Crippen molar-refractivity contribution in [2.24, 2.45) is 0 Å². The summed E-state index contributed by atoms with van der Waals surface area (Å²) in [5.41, 5.74) is 6.78. The van der Waals surface area contributed by atoms with E-state index in [1.807, 2.05) is 24.3 Å². The zero-order valence-electron chi connectivity index (χ0n) is 23.3. The Balaban J connectivity index is 1.53. The smallest absolute Gasteiger partial charge is 0.116 e. The van der Waals surface area contributed by atoms with E-state index in [1.165, 1.54) is 54.9 Å². The lowest BCUT2D eigenvalue weighted by Gasteiger charge is -2.36. The second kappa shape index (κ2) is 8.70. The third kappa shape index (κ3) is 3.29. The highest BCUT2D eigenvalue weighted by molar-refractivity contribution is 6.06. The van der Waals surface area contributed by atoms with Crippen molar-refractivity contribution in [3.05, 3.63) is 168 Å². The van der Waals surface area contributed by atoms with Crippen molar-refractivity contribution in [2.75, 3.05) is 0 Å². The summed E-state index contributed by atoms with van der Waals surface area (Å²) < 4.78 is 0. The molecule has 0 heterocycles. The number of hydrogen-bond donors (Lipinski definition) is 2. The molecular weight excluding hydrogens is 524 g/mol. The van der Waals surface area contributed by atoms with Gasteiger partial charge in [-0.15, -0.1) is 0 Å². The molecular formula is C41H26O2. The fourth-order valence-corrected chi connectivity index (χ4v) is 7.60. The summed E-state index contributed by atoms with van der Waals surface area (Å²) >= 11 is 0. The molecule has 0 aliphatic heterocycles. The molecule has 8 aromatic carbocycles. The van der Waals surface area contributed by atoms with E-state index in [0.717, 1.165) is 21.5 Å². The van der Waals surface area contributed by atoms with Crippen LogP contribution in [0.15, 0.2) is 146 Å². The molecule has 2 nitrogen and oxygen atoms in total. The molecule has 1 aliphatic rings. The molecule has 0 unspecified atom stereocenters. The molecule has 9 rings (SSSR count). The summed E-state index contributed by atoms with van der Waals surface area (Å²) in [5, 5.41) is 29.5. The molecule has 0 fully saturated rings. The Kier molecular flexibility index (Phi) is 4.87. The highest BCUT2D eigenvalue weighted by atomic mass is 16.3. The van der Waals surface area contributed by atoms with Gasteiger partial charge in [0.05, 0.1) is 5.41 Å². The second-order valence-corrected chi connectivity index (χ2v) is 11.7. The molecule has 0 bridgehead atoms. The SMILES string of the molecule is Oc1ccc2cc(C3(c4ccc5cc(O)ccc5c4)c4c(ccc5ccccc45)-c4ccc5ccccc5c43)ccc2c1. The lowest BCUT2D eigenvalue weighted by atomic mass is 9.65. The Morgan fingerprint density at radius 2 is 0.744 bits per heavy atom. The van der Waals surface area contributed by atoms with Crippen molar-refractivity contribution >= 4 is 43.1 Å². The van der Waals surface area contributed by atoms with Gasteiger partial charge in [-0.05, 0) is 113 Å². The number of aromatic hydroxyl groups is 2. The van der Waals surface area contributed by atoms with E-state index in [2.05, 4.69) is 109 Å². The van der Waals surface area contributed by atoms with Gasteiger partial charge in [0, 0.05) is 0 Å². The quantitative estimate of drug-likeness (QED) is 0.225. The molecule has 8 aromatic rings. The maximum absolute atomic E-state index is 10.2. The van der Waals surface area contributed by atoms with Crippen LogP contribution in [0.5, 0.6) is 11.5 Å². The zero-order valence-corrected chi connectivity index (χ0v) is 23.3. The fraction of sp³-hybridized carbons (Fsp3) is 0.0244. The minimum Gasteiger partial charge on any atom is -0.508 e. The molecule has 0 amide bonds. The van der Waals surface area contributed by atoms with Crippen LogP contribution in [0.25, 0.3) is 54.2 Å². The van der Waals surface area contributed by atoms with E-state index in [1.54, 1.807) is 12.1 Å². The van der Waals surface area contributed by atoms with E-state index in [4.69, 9.17) is 0 Å². The van der Waals surface area contributed by atoms with Crippen LogP contribution in [0.1, 0.15) is 22.3 Å². The highest BCUT2D eigenvalue weighted by Crippen LogP contribution is 2.60. The molecule has 1 aliphatic carbocycles. The van der Waals surface area contributed by atoms with Gasteiger partial charge >= 0.3 is 0 Å². The first-order chi connectivity index (χ1) is 21.1. The summed E-state index contributed by atoms with van der Waals surface area (Å²) in [4.78, 5) is 0. The normalized spacial score (nSPS) is 13.5. The van der Waals surface area contributed by atoms with Gasteiger partial charge in [-0.3, -0.25) is 0 Å². The first-order valence-electron chi connectivity index (χ1n) is 14.6. The Morgan fingerprint density at radius 3 is 1.23 bits per heavy atom. The molecule has 0 saturated carbocycles. The number of phenolic OH excluding ortho intramolecular Hbond substituents is 2. The second-order valence-electron chi connectivity index (χ2n) is 11.7. The molecule has 0 radical (unpaired) electrons. The van der Waals surface area contributed by atoms with E-state index >= 15 is 0 Å². The predicted octanol–water partition coefficient (Wildman–Crippen LogP) is 10.1. The molecule has 202 valence electrons. The summed E-state index contributed by atoms with van der Waals surface area (Å²) in [6.45, 7) is 0. The van der Waals surface area contributed by atoms with Gasteiger partial charge in [0.15, 0.2) is 0 Å². The first-order valence-corrected chi connectivity index (χ1v) is 14.6. The third-order valence-electron chi connectivity index (χ3n) is 9.41. The molecule has 43 heavy (non-hydrogen) atoms. The van der Waals surface area contributed by atoms with Crippen LogP contribution in [0.4, 0.5) is 0 Å². The van der Waals surface area contributed by atoms with Crippen LogP contribution in [0.2, 0.25) is 0 Å². The maximum atomic E-state index is 10.2.